The predicted molar refractivity (Wildman–Crippen MR) is 88.4 cm³/mol. The first kappa shape index (κ1) is 16.6. The van der Waals surface area contributed by atoms with E-state index in [2.05, 4.69) is 0 Å². The molecule has 4 heteroatoms. The Hall–Kier alpha value is -1.72. The highest BCUT2D eigenvalue weighted by Gasteiger charge is 2.33. The van der Waals surface area contributed by atoms with Crippen molar-refractivity contribution in [2.24, 2.45) is 11.5 Å². The van der Waals surface area contributed by atoms with Gasteiger partial charge < -0.3 is 21.7 Å². The van der Waals surface area contributed by atoms with Crippen LogP contribution >= 0.6 is 0 Å². The second-order valence-electron chi connectivity index (χ2n) is 5.72. The van der Waals surface area contributed by atoms with Crippen molar-refractivity contribution in [2.75, 3.05) is 0 Å². The van der Waals surface area contributed by atoms with Gasteiger partial charge in [-0.2, -0.15) is 0 Å². The van der Waals surface area contributed by atoms with Crippen LogP contribution in [-0.2, 0) is 0 Å². The number of rotatable bonds is 6. The van der Waals surface area contributed by atoms with Crippen molar-refractivity contribution < 1.29 is 10.2 Å². The number of aliphatic hydroxyl groups excluding tert-OH is 2. The topological polar surface area (TPSA) is 92.5 Å². The minimum absolute atomic E-state index is 0.217. The van der Waals surface area contributed by atoms with Crippen molar-refractivity contribution in [1.29, 1.82) is 0 Å². The minimum atomic E-state index is -1.11. The molecule has 0 aliphatic heterocycles. The van der Waals surface area contributed by atoms with E-state index in [4.69, 9.17) is 11.5 Å². The van der Waals surface area contributed by atoms with Gasteiger partial charge in [0.05, 0.1) is 12.2 Å². The van der Waals surface area contributed by atoms with Gasteiger partial charge in [0.25, 0.3) is 0 Å². The highest BCUT2D eigenvalue weighted by atomic mass is 16.3. The summed E-state index contributed by atoms with van der Waals surface area (Å²) < 4.78 is 0. The minimum Gasteiger partial charge on any atom is -0.389 e. The van der Waals surface area contributed by atoms with E-state index in [1.807, 2.05) is 60.7 Å². The van der Waals surface area contributed by atoms with Crippen LogP contribution in [0.4, 0.5) is 0 Å². The second kappa shape index (κ2) is 7.51. The first-order chi connectivity index (χ1) is 10.5. The van der Waals surface area contributed by atoms with Crippen molar-refractivity contribution in [2.45, 2.75) is 37.1 Å². The lowest BCUT2D eigenvalue weighted by molar-refractivity contribution is -0.00959. The van der Waals surface area contributed by atoms with E-state index in [0.29, 0.717) is 0 Å². The molecule has 0 aromatic heterocycles. The van der Waals surface area contributed by atoms with Gasteiger partial charge in [-0.05, 0) is 18.1 Å². The molecule has 0 unspecified atom stereocenters. The molecule has 0 amide bonds. The Morgan fingerprint density at radius 3 is 1.50 bits per heavy atom. The third-order valence-electron chi connectivity index (χ3n) is 3.99. The number of benzene rings is 2. The molecule has 22 heavy (non-hydrogen) atoms. The summed E-state index contributed by atoms with van der Waals surface area (Å²) in [6, 6.07) is 18.3. The fraction of sp³-hybridized carbons (Fsp3) is 0.333. The van der Waals surface area contributed by atoms with Crippen LogP contribution in [0.3, 0.4) is 0 Å². The monoisotopic (exact) mass is 300 g/mol. The average Bonchev–Trinajstić information content (AvgIpc) is 2.55. The van der Waals surface area contributed by atoms with Gasteiger partial charge in [-0.1, -0.05) is 60.7 Å². The quantitative estimate of drug-likeness (QED) is 0.645. The normalized spacial score (nSPS) is 17.0. The number of aliphatic hydroxyl groups is 2. The summed E-state index contributed by atoms with van der Waals surface area (Å²) in [6.07, 6.45) is -2.17. The van der Waals surface area contributed by atoms with Crippen molar-refractivity contribution in [1.82, 2.24) is 0 Å². The summed E-state index contributed by atoms with van der Waals surface area (Å²) >= 11 is 0. The standard InChI is InChI=1S/C18H24N2O2/c1-12(19)17(21)18(22)16(20)15(13-8-4-2-5-9-13)14-10-6-3-7-11-14/h2-12,15-18,21-22H,19-20H2,1H3/t12-,16-,17-,18+/m0/s1. The maximum Gasteiger partial charge on any atom is 0.0973 e. The molecule has 2 aromatic rings. The third-order valence-corrected chi connectivity index (χ3v) is 3.99. The summed E-state index contributed by atoms with van der Waals surface area (Å²) in [4.78, 5) is 0. The van der Waals surface area contributed by atoms with Gasteiger partial charge in [-0.25, -0.2) is 0 Å². The average molecular weight is 300 g/mol. The molecule has 4 nitrogen and oxygen atoms in total. The molecule has 4 atom stereocenters. The molecular weight excluding hydrogens is 276 g/mol. The fourth-order valence-electron chi connectivity index (χ4n) is 2.69. The van der Waals surface area contributed by atoms with Crippen molar-refractivity contribution >= 4 is 0 Å². The Kier molecular flexibility index (Phi) is 5.69. The highest BCUT2D eigenvalue weighted by molar-refractivity contribution is 5.34. The smallest absolute Gasteiger partial charge is 0.0973 e. The first-order valence-corrected chi connectivity index (χ1v) is 7.49. The summed E-state index contributed by atoms with van der Waals surface area (Å²) in [5.41, 5.74) is 14.0. The maximum atomic E-state index is 10.4. The Balaban J connectivity index is 2.37. The van der Waals surface area contributed by atoms with Gasteiger partial charge >= 0.3 is 0 Å². The summed E-state index contributed by atoms with van der Waals surface area (Å²) in [7, 11) is 0. The second-order valence-corrected chi connectivity index (χ2v) is 5.72. The lowest BCUT2D eigenvalue weighted by Crippen LogP contribution is -2.52. The Morgan fingerprint density at radius 1 is 0.727 bits per heavy atom. The Morgan fingerprint density at radius 2 is 1.14 bits per heavy atom. The van der Waals surface area contributed by atoms with Crippen LogP contribution in [-0.4, -0.2) is 34.5 Å². The molecule has 0 aliphatic carbocycles. The van der Waals surface area contributed by atoms with E-state index in [0.717, 1.165) is 11.1 Å². The molecule has 0 fully saturated rings. The van der Waals surface area contributed by atoms with E-state index in [1.54, 1.807) is 6.92 Å². The molecular formula is C18H24N2O2. The lowest BCUT2D eigenvalue weighted by Gasteiger charge is -2.32. The number of nitrogens with two attached hydrogens (primary N) is 2. The van der Waals surface area contributed by atoms with Crippen LogP contribution in [0.2, 0.25) is 0 Å². The van der Waals surface area contributed by atoms with Crippen molar-refractivity contribution in [3.8, 4) is 0 Å². The SMILES string of the molecule is C[C@H](N)[C@H](O)[C@H](O)[C@@H](N)C(c1ccccc1)c1ccccc1. The van der Waals surface area contributed by atoms with Crippen LogP contribution in [0.25, 0.3) is 0 Å². The van der Waals surface area contributed by atoms with E-state index in [1.165, 1.54) is 0 Å². The third kappa shape index (κ3) is 3.72. The number of hydrogen-bond acceptors (Lipinski definition) is 4. The lowest BCUT2D eigenvalue weighted by atomic mass is 9.81. The van der Waals surface area contributed by atoms with Gasteiger partial charge in [-0.15, -0.1) is 0 Å². The van der Waals surface area contributed by atoms with Gasteiger partial charge in [0.2, 0.25) is 0 Å². The maximum absolute atomic E-state index is 10.4. The molecule has 0 heterocycles. The van der Waals surface area contributed by atoms with Gasteiger partial charge in [0.1, 0.15) is 0 Å². The molecule has 0 spiro atoms. The summed E-state index contributed by atoms with van der Waals surface area (Å²) in [5.74, 6) is -0.217. The van der Waals surface area contributed by atoms with Gasteiger partial charge in [-0.3, -0.25) is 0 Å². The molecule has 0 bridgehead atoms. The van der Waals surface area contributed by atoms with Crippen molar-refractivity contribution in [3.63, 3.8) is 0 Å². The van der Waals surface area contributed by atoms with Crippen LogP contribution in [0, 0.1) is 0 Å². The van der Waals surface area contributed by atoms with Crippen LogP contribution in [0.5, 0.6) is 0 Å². The summed E-state index contributed by atoms with van der Waals surface area (Å²) in [5, 5.41) is 20.4. The zero-order valence-electron chi connectivity index (χ0n) is 12.7. The molecule has 2 rings (SSSR count). The van der Waals surface area contributed by atoms with E-state index < -0.39 is 24.3 Å². The fourth-order valence-corrected chi connectivity index (χ4v) is 2.69. The zero-order valence-corrected chi connectivity index (χ0v) is 12.7. The molecule has 2 aromatic carbocycles. The molecule has 6 N–H and O–H groups in total. The molecule has 0 saturated heterocycles. The molecule has 0 radical (unpaired) electrons. The largest absolute Gasteiger partial charge is 0.389 e. The van der Waals surface area contributed by atoms with Crippen LogP contribution in [0.15, 0.2) is 60.7 Å². The molecule has 0 aliphatic rings. The van der Waals surface area contributed by atoms with E-state index >= 15 is 0 Å². The van der Waals surface area contributed by atoms with Crippen LogP contribution < -0.4 is 11.5 Å². The van der Waals surface area contributed by atoms with Crippen LogP contribution in [0.1, 0.15) is 24.0 Å². The van der Waals surface area contributed by atoms with E-state index in [-0.39, 0.29) is 5.92 Å². The first-order valence-electron chi connectivity index (χ1n) is 7.49. The summed E-state index contributed by atoms with van der Waals surface area (Å²) in [6.45, 7) is 1.65. The van der Waals surface area contributed by atoms with Gasteiger partial charge in [0, 0.05) is 18.0 Å². The Bertz CT molecular complexity index is 520. The molecule has 118 valence electrons. The highest BCUT2D eigenvalue weighted by Crippen LogP contribution is 2.29. The van der Waals surface area contributed by atoms with Gasteiger partial charge in [0.15, 0.2) is 0 Å². The predicted octanol–water partition coefficient (Wildman–Crippen LogP) is 1.21. The van der Waals surface area contributed by atoms with Crippen molar-refractivity contribution in [3.05, 3.63) is 71.8 Å². The molecule has 0 saturated carbocycles. The Labute approximate surface area is 131 Å². The zero-order chi connectivity index (χ0) is 16.1. The number of hydrogen-bond donors (Lipinski definition) is 4. The van der Waals surface area contributed by atoms with E-state index in [9.17, 15) is 10.2 Å².